The average Bonchev–Trinajstić information content (AvgIpc) is 3.35. The standard InChI is InChI=1S/C18H16N6O2S2/c1-13-3-8-18(27-13)28(25,26)23-15-6-4-14(5-7-15)22-16-11-17(20-12-19-16)24-10-2-9-21-24/h2-12,23H,1H3,(H,19,20,22). The van der Waals surface area contributed by atoms with Crippen molar-refractivity contribution in [3.63, 3.8) is 0 Å². The molecule has 0 radical (unpaired) electrons. The second kappa shape index (κ2) is 7.41. The number of sulfonamides is 1. The molecule has 0 aliphatic heterocycles. The highest BCUT2D eigenvalue weighted by molar-refractivity contribution is 7.94. The smallest absolute Gasteiger partial charge is 0.271 e. The van der Waals surface area contributed by atoms with Crippen LogP contribution in [0.5, 0.6) is 0 Å². The van der Waals surface area contributed by atoms with E-state index in [4.69, 9.17) is 0 Å². The first-order chi connectivity index (χ1) is 13.5. The minimum atomic E-state index is -3.58. The molecule has 4 rings (SSSR count). The summed E-state index contributed by atoms with van der Waals surface area (Å²) >= 11 is 1.23. The van der Waals surface area contributed by atoms with Crippen molar-refractivity contribution in [2.24, 2.45) is 0 Å². The number of anilines is 3. The van der Waals surface area contributed by atoms with Gasteiger partial charge in [-0.05, 0) is 49.4 Å². The highest BCUT2D eigenvalue weighted by Gasteiger charge is 2.16. The molecule has 3 aromatic heterocycles. The summed E-state index contributed by atoms with van der Waals surface area (Å²) < 4.78 is 29.3. The van der Waals surface area contributed by atoms with Crippen molar-refractivity contribution in [3.05, 3.63) is 72.1 Å². The van der Waals surface area contributed by atoms with Crippen molar-refractivity contribution >= 4 is 38.6 Å². The number of hydrogen-bond acceptors (Lipinski definition) is 7. The SMILES string of the molecule is Cc1ccc(S(=O)(=O)Nc2ccc(Nc3cc(-n4cccn4)ncn3)cc2)s1. The summed E-state index contributed by atoms with van der Waals surface area (Å²) in [4.78, 5) is 9.32. The van der Waals surface area contributed by atoms with Crippen molar-refractivity contribution in [1.82, 2.24) is 19.7 Å². The molecular formula is C18H16N6O2S2. The zero-order valence-electron chi connectivity index (χ0n) is 14.8. The minimum Gasteiger partial charge on any atom is -0.340 e. The lowest BCUT2D eigenvalue weighted by Gasteiger charge is -2.09. The van der Waals surface area contributed by atoms with Gasteiger partial charge in [-0.25, -0.2) is 23.1 Å². The summed E-state index contributed by atoms with van der Waals surface area (Å²) in [6.45, 7) is 1.87. The number of hydrogen-bond donors (Lipinski definition) is 2. The van der Waals surface area contributed by atoms with E-state index >= 15 is 0 Å². The molecule has 8 nitrogen and oxygen atoms in total. The molecule has 10 heteroatoms. The molecule has 0 saturated carbocycles. The summed E-state index contributed by atoms with van der Waals surface area (Å²) in [5, 5.41) is 7.30. The van der Waals surface area contributed by atoms with Gasteiger partial charge in [0.05, 0.1) is 0 Å². The Morgan fingerprint density at radius 1 is 1.04 bits per heavy atom. The molecule has 0 unspecified atom stereocenters. The van der Waals surface area contributed by atoms with E-state index < -0.39 is 10.0 Å². The van der Waals surface area contributed by atoms with Crippen LogP contribution in [0.25, 0.3) is 5.82 Å². The van der Waals surface area contributed by atoms with Gasteiger partial charge in [0.1, 0.15) is 16.4 Å². The van der Waals surface area contributed by atoms with Gasteiger partial charge in [-0.1, -0.05) is 0 Å². The van der Waals surface area contributed by atoms with Crippen molar-refractivity contribution < 1.29 is 8.42 Å². The second-order valence-electron chi connectivity index (χ2n) is 5.89. The van der Waals surface area contributed by atoms with Crippen LogP contribution in [0.1, 0.15) is 4.88 Å². The lowest BCUT2D eigenvalue weighted by atomic mass is 10.3. The fourth-order valence-corrected chi connectivity index (χ4v) is 4.82. The number of nitrogens with one attached hydrogen (secondary N) is 2. The van der Waals surface area contributed by atoms with E-state index in [-0.39, 0.29) is 0 Å². The van der Waals surface area contributed by atoms with E-state index in [1.165, 1.54) is 17.7 Å². The maximum Gasteiger partial charge on any atom is 0.271 e. The van der Waals surface area contributed by atoms with Gasteiger partial charge in [-0.15, -0.1) is 11.3 Å². The van der Waals surface area contributed by atoms with Gasteiger partial charge >= 0.3 is 0 Å². The van der Waals surface area contributed by atoms with Gasteiger partial charge in [-0.3, -0.25) is 4.72 Å². The Kier molecular flexibility index (Phi) is 4.80. The van der Waals surface area contributed by atoms with E-state index in [0.717, 1.165) is 10.6 Å². The predicted octanol–water partition coefficient (Wildman–Crippen LogP) is 3.58. The topological polar surface area (TPSA) is 102 Å². The largest absolute Gasteiger partial charge is 0.340 e. The predicted molar refractivity (Wildman–Crippen MR) is 109 cm³/mol. The Labute approximate surface area is 166 Å². The average molecular weight is 413 g/mol. The number of aryl methyl sites for hydroxylation is 1. The molecule has 2 N–H and O–H groups in total. The molecule has 0 spiro atoms. The van der Waals surface area contributed by atoms with Crippen LogP contribution in [-0.4, -0.2) is 28.2 Å². The molecule has 3 heterocycles. The first-order valence-electron chi connectivity index (χ1n) is 8.28. The normalized spacial score (nSPS) is 11.3. The summed E-state index contributed by atoms with van der Waals surface area (Å²) in [5.41, 5.74) is 1.25. The Balaban J connectivity index is 1.47. The molecule has 0 saturated heterocycles. The maximum absolute atomic E-state index is 12.4. The van der Waals surface area contributed by atoms with Crippen LogP contribution in [-0.2, 0) is 10.0 Å². The van der Waals surface area contributed by atoms with Crippen LogP contribution in [0.2, 0.25) is 0 Å². The summed E-state index contributed by atoms with van der Waals surface area (Å²) in [7, 11) is -3.58. The molecule has 0 atom stereocenters. The number of nitrogens with zero attached hydrogens (tertiary/aromatic N) is 4. The molecule has 142 valence electrons. The van der Waals surface area contributed by atoms with Crippen LogP contribution < -0.4 is 10.0 Å². The van der Waals surface area contributed by atoms with Gasteiger partial charge in [0.15, 0.2) is 5.82 Å². The first kappa shape index (κ1) is 18.1. The lowest BCUT2D eigenvalue weighted by Crippen LogP contribution is -2.11. The Hall–Kier alpha value is -3.24. The van der Waals surface area contributed by atoms with E-state index in [1.807, 2.05) is 13.0 Å². The van der Waals surface area contributed by atoms with Crippen LogP contribution in [0, 0.1) is 6.92 Å². The quantitative estimate of drug-likeness (QED) is 0.502. The van der Waals surface area contributed by atoms with Gasteiger partial charge in [-0.2, -0.15) is 5.10 Å². The third-order valence-corrected chi connectivity index (χ3v) is 6.66. The molecule has 28 heavy (non-hydrogen) atoms. The fraction of sp³-hybridized carbons (Fsp3) is 0.0556. The molecule has 0 bridgehead atoms. The lowest BCUT2D eigenvalue weighted by molar-refractivity contribution is 0.603. The van der Waals surface area contributed by atoms with Crippen molar-refractivity contribution in [2.45, 2.75) is 11.1 Å². The van der Waals surface area contributed by atoms with Crippen LogP contribution in [0.3, 0.4) is 0 Å². The molecule has 0 aliphatic carbocycles. The van der Waals surface area contributed by atoms with E-state index in [1.54, 1.807) is 59.5 Å². The maximum atomic E-state index is 12.4. The van der Waals surface area contributed by atoms with Gasteiger partial charge in [0.2, 0.25) is 0 Å². The van der Waals surface area contributed by atoms with Gasteiger partial charge in [0, 0.05) is 34.7 Å². The molecule has 0 amide bonds. The third kappa shape index (κ3) is 4.02. The van der Waals surface area contributed by atoms with Crippen molar-refractivity contribution in [3.8, 4) is 5.82 Å². The van der Waals surface area contributed by atoms with Gasteiger partial charge < -0.3 is 5.32 Å². The molecule has 0 fully saturated rings. The zero-order chi connectivity index (χ0) is 19.6. The minimum absolute atomic E-state index is 0.291. The number of thiophene rings is 1. The Morgan fingerprint density at radius 3 is 2.50 bits per heavy atom. The van der Waals surface area contributed by atoms with E-state index in [0.29, 0.717) is 21.5 Å². The highest BCUT2D eigenvalue weighted by atomic mass is 32.2. The van der Waals surface area contributed by atoms with Crippen molar-refractivity contribution in [2.75, 3.05) is 10.0 Å². The monoisotopic (exact) mass is 412 g/mol. The zero-order valence-corrected chi connectivity index (χ0v) is 16.4. The number of aromatic nitrogens is 4. The fourth-order valence-electron chi connectivity index (χ4n) is 2.48. The van der Waals surface area contributed by atoms with E-state index in [9.17, 15) is 8.42 Å². The van der Waals surface area contributed by atoms with Crippen LogP contribution in [0.4, 0.5) is 17.2 Å². The first-order valence-corrected chi connectivity index (χ1v) is 10.6. The molecule has 1 aromatic carbocycles. The summed E-state index contributed by atoms with van der Waals surface area (Å²) in [6, 6.07) is 13.9. The second-order valence-corrected chi connectivity index (χ2v) is 9.08. The Morgan fingerprint density at radius 2 is 1.82 bits per heavy atom. The van der Waals surface area contributed by atoms with Crippen LogP contribution >= 0.6 is 11.3 Å². The van der Waals surface area contributed by atoms with Crippen LogP contribution in [0.15, 0.2) is 71.5 Å². The summed E-state index contributed by atoms with van der Waals surface area (Å²) in [5.74, 6) is 1.24. The summed E-state index contributed by atoms with van der Waals surface area (Å²) in [6.07, 6.45) is 4.92. The third-order valence-electron chi connectivity index (χ3n) is 3.78. The number of benzene rings is 1. The van der Waals surface area contributed by atoms with Gasteiger partial charge in [0.25, 0.3) is 10.0 Å². The highest BCUT2D eigenvalue weighted by Crippen LogP contribution is 2.24. The van der Waals surface area contributed by atoms with E-state index in [2.05, 4.69) is 25.1 Å². The molecule has 0 aliphatic rings. The molecule has 4 aromatic rings. The Bertz CT molecular complexity index is 1190. The molecular weight excluding hydrogens is 396 g/mol. The number of rotatable bonds is 6. The van der Waals surface area contributed by atoms with Crippen molar-refractivity contribution in [1.29, 1.82) is 0 Å².